The van der Waals surface area contributed by atoms with Crippen molar-refractivity contribution in [3.8, 4) is 16.9 Å². The van der Waals surface area contributed by atoms with Gasteiger partial charge in [0, 0.05) is 23.9 Å². The number of amides is 1. The number of methoxy groups -OCH3 is 1. The highest BCUT2D eigenvalue weighted by Crippen LogP contribution is 2.31. The Morgan fingerprint density at radius 2 is 1.84 bits per heavy atom. The topological polar surface area (TPSA) is 94.6 Å². The second-order valence-electron chi connectivity index (χ2n) is 6.89. The van der Waals surface area contributed by atoms with Gasteiger partial charge in [-0.15, -0.1) is 0 Å². The van der Waals surface area contributed by atoms with Gasteiger partial charge >= 0.3 is 0 Å². The van der Waals surface area contributed by atoms with Gasteiger partial charge in [0.1, 0.15) is 5.75 Å². The van der Waals surface area contributed by atoms with Crippen molar-refractivity contribution in [1.82, 2.24) is 10.3 Å². The summed E-state index contributed by atoms with van der Waals surface area (Å²) in [5.41, 5.74) is 2.96. The minimum absolute atomic E-state index is 0.215. The van der Waals surface area contributed by atoms with E-state index in [4.69, 9.17) is 32.1 Å². The van der Waals surface area contributed by atoms with Crippen LogP contribution in [0.3, 0.4) is 0 Å². The molecular weight excluding hydrogens is 475 g/mol. The highest BCUT2D eigenvalue weighted by Gasteiger charge is 2.14. The Morgan fingerprint density at radius 3 is 2.53 bits per heavy atom. The van der Waals surface area contributed by atoms with Crippen LogP contribution in [0.5, 0.6) is 5.75 Å². The lowest BCUT2D eigenvalue weighted by atomic mass is 9.99. The third kappa shape index (κ3) is 6.43. The van der Waals surface area contributed by atoms with Gasteiger partial charge in [-0.1, -0.05) is 29.3 Å². The van der Waals surface area contributed by atoms with E-state index in [2.05, 4.69) is 10.3 Å². The number of carbonyl (C=O) groups is 1. The molecule has 0 saturated carbocycles. The quantitative estimate of drug-likeness (QED) is 0.464. The summed E-state index contributed by atoms with van der Waals surface area (Å²) in [4.78, 5) is 16.9. The summed E-state index contributed by atoms with van der Waals surface area (Å²) < 4.78 is 33.2. The van der Waals surface area contributed by atoms with Gasteiger partial charge in [-0.25, -0.2) is 0 Å². The van der Waals surface area contributed by atoms with Crippen molar-refractivity contribution in [2.24, 2.45) is 0 Å². The molecule has 1 N–H and O–H groups in total. The maximum Gasteiger partial charge on any atom is 0.264 e. The molecular formula is C22H20Cl2N2O5S. The molecule has 0 atom stereocenters. The number of pyridine rings is 1. The van der Waals surface area contributed by atoms with Crippen LogP contribution in [0.1, 0.15) is 21.5 Å². The molecule has 0 spiro atoms. The van der Waals surface area contributed by atoms with E-state index in [9.17, 15) is 13.2 Å². The molecule has 0 bridgehead atoms. The van der Waals surface area contributed by atoms with Crippen molar-refractivity contribution >= 4 is 39.2 Å². The predicted octanol–water partition coefficient (Wildman–Crippen LogP) is 4.47. The molecule has 10 heteroatoms. The fourth-order valence-electron chi connectivity index (χ4n) is 2.95. The van der Waals surface area contributed by atoms with Crippen LogP contribution in [-0.2, 0) is 27.5 Å². The van der Waals surface area contributed by atoms with Crippen LogP contribution in [-0.4, -0.2) is 32.7 Å². The molecule has 1 heterocycles. The van der Waals surface area contributed by atoms with E-state index < -0.39 is 10.1 Å². The second-order valence-corrected chi connectivity index (χ2v) is 9.35. The minimum atomic E-state index is -3.66. The van der Waals surface area contributed by atoms with Crippen LogP contribution in [0, 0.1) is 0 Å². The number of ether oxygens (including phenoxy) is 1. The Kier molecular flexibility index (Phi) is 7.73. The Balaban J connectivity index is 1.92. The SMILES string of the molecule is COc1cnccc1-c1cc(COS(C)(=O)=O)cc(C(=O)NCc2ccc(Cl)c(Cl)c2)c1. The minimum Gasteiger partial charge on any atom is -0.494 e. The normalized spacial score (nSPS) is 11.2. The third-order valence-electron chi connectivity index (χ3n) is 4.45. The first-order chi connectivity index (χ1) is 15.2. The Hall–Kier alpha value is -2.65. The number of halogens is 2. The summed E-state index contributed by atoms with van der Waals surface area (Å²) in [7, 11) is -2.14. The lowest BCUT2D eigenvalue weighted by molar-refractivity contribution is 0.0951. The van der Waals surface area contributed by atoms with Gasteiger partial charge in [0.05, 0.1) is 36.2 Å². The zero-order valence-electron chi connectivity index (χ0n) is 17.3. The van der Waals surface area contributed by atoms with Gasteiger partial charge < -0.3 is 10.1 Å². The fraction of sp³-hybridized carbons (Fsp3) is 0.182. The zero-order chi connectivity index (χ0) is 23.3. The summed E-state index contributed by atoms with van der Waals surface area (Å²) >= 11 is 12.0. The summed E-state index contributed by atoms with van der Waals surface area (Å²) in [6.07, 6.45) is 4.12. The monoisotopic (exact) mass is 494 g/mol. The molecule has 0 aliphatic heterocycles. The van der Waals surface area contributed by atoms with Crippen LogP contribution in [0.15, 0.2) is 54.9 Å². The van der Waals surface area contributed by atoms with E-state index in [0.717, 1.165) is 11.8 Å². The van der Waals surface area contributed by atoms with E-state index in [1.165, 1.54) is 7.11 Å². The van der Waals surface area contributed by atoms with E-state index >= 15 is 0 Å². The van der Waals surface area contributed by atoms with Crippen LogP contribution in [0.25, 0.3) is 11.1 Å². The lowest BCUT2D eigenvalue weighted by Gasteiger charge is -2.13. The molecule has 1 aromatic heterocycles. The van der Waals surface area contributed by atoms with Crippen molar-refractivity contribution in [2.75, 3.05) is 13.4 Å². The average Bonchev–Trinajstić information content (AvgIpc) is 2.77. The van der Waals surface area contributed by atoms with E-state index in [1.807, 2.05) is 0 Å². The van der Waals surface area contributed by atoms with Crippen molar-refractivity contribution < 1.29 is 22.1 Å². The van der Waals surface area contributed by atoms with E-state index in [-0.39, 0.29) is 19.1 Å². The van der Waals surface area contributed by atoms with Crippen LogP contribution < -0.4 is 10.1 Å². The smallest absolute Gasteiger partial charge is 0.264 e. The van der Waals surface area contributed by atoms with Gasteiger partial charge in [0.25, 0.3) is 16.0 Å². The molecule has 0 radical (unpaired) electrons. The third-order valence-corrected chi connectivity index (χ3v) is 5.73. The van der Waals surface area contributed by atoms with Gasteiger partial charge in [-0.05, 0) is 53.1 Å². The standard InChI is InChI=1S/C22H20Cl2N2O5S/c1-30-21-12-25-6-5-18(21)16-7-15(13-31-32(2,28)29)8-17(10-16)22(27)26-11-14-3-4-19(23)20(24)9-14/h3-10,12H,11,13H2,1-2H3,(H,26,27). The maximum atomic E-state index is 12.9. The van der Waals surface area contributed by atoms with E-state index in [0.29, 0.717) is 38.0 Å². The Morgan fingerprint density at radius 1 is 1.06 bits per heavy atom. The molecule has 0 aliphatic rings. The number of hydrogen-bond donors (Lipinski definition) is 1. The largest absolute Gasteiger partial charge is 0.494 e. The number of nitrogens with one attached hydrogen (secondary N) is 1. The van der Waals surface area contributed by atoms with Gasteiger partial charge in [0.2, 0.25) is 0 Å². The lowest BCUT2D eigenvalue weighted by Crippen LogP contribution is -2.23. The number of hydrogen-bond acceptors (Lipinski definition) is 6. The van der Waals surface area contributed by atoms with Gasteiger partial charge in [-0.2, -0.15) is 8.42 Å². The molecule has 168 valence electrons. The number of nitrogens with zero attached hydrogens (tertiary/aromatic N) is 1. The van der Waals surface area contributed by atoms with Crippen molar-refractivity contribution in [3.05, 3.63) is 81.6 Å². The van der Waals surface area contributed by atoms with Gasteiger partial charge in [0.15, 0.2) is 0 Å². The molecule has 2 aromatic carbocycles. The Bertz CT molecular complexity index is 1250. The first-order valence-electron chi connectivity index (χ1n) is 9.35. The van der Waals surface area contributed by atoms with Crippen molar-refractivity contribution in [3.63, 3.8) is 0 Å². The number of carbonyl (C=O) groups excluding carboxylic acids is 1. The second kappa shape index (κ2) is 10.3. The average molecular weight is 495 g/mol. The summed E-state index contributed by atoms with van der Waals surface area (Å²) in [5, 5.41) is 3.65. The number of benzene rings is 2. The van der Waals surface area contributed by atoms with Crippen LogP contribution in [0.4, 0.5) is 0 Å². The molecule has 0 unspecified atom stereocenters. The summed E-state index contributed by atoms with van der Waals surface area (Å²) in [5.74, 6) is 0.155. The molecule has 0 aliphatic carbocycles. The highest BCUT2D eigenvalue weighted by atomic mass is 35.5. The predicted molar refractivity (Wildman–Crippen MR) is 123 cm³/mol. The van der Waals surface area contributed by atoms with Crippen LogP contribution in [0.2, 0.25) is 10.0 Å². The zero-order valence-corrected chi connectivity index (χ0v) is 19.6. The molecule has 3 rings (SSSR count). The Labute approximate surface area is 196 Å². The maximum absolute atomic E-state index is 12.9. The molecule has 32 heavy (non-hydrogen) atoms. The molecule has 1 amide bonds. The van der Waals surface area contributed by atoms with E-state index in [1.54, 1.807) is 54.9 Å². The molecule has 3 aromatic rings. The first-order valence-corrected chi connectivity index (χ1v) is 11.9. The highest BCUT2D eigenvalue weighted by molar-refractivity contribution is 7.85. The summed E-state index contributed by atoms with van der Waals surface area (Å²) in [6, 6.07) is 11.8. The number of rotatable bonds is 8. The van der Waals surface area contributed by atoms with Crippen LogP contribution >= 0.6 is 23.2 Å². The summed E-state index contributed by atoms with van der Waals surface area (Å²) in [6.45, 7) is 0.0147. The first kappa shape index (κ1) is 24.0. The molecule has 0 fully saturated rings. The fourth-order valence-corrected chi connectivity index (χ4v) is 3.62. The molecule has 7 nitrogen and oxygen atoms in total. The van der Waals surface area contributed by atoms with Crippen molar-refractivity contribution in [1.29, 1.82) is 0 Å². The van der Waals surface area contributed by atoms with Crippen molar-refractivity contribution in [2.45, 2.75) is 13.2 Å². The number of aromatic nitrogens is 1. The van der Waals surface area contributed by atoms with Gasteiger partial charge in [-0.3, -0.25) is 14.0 Å². The molecule has 0 saturated heterocycles.